The molecule has 0 aromatic heterocycles. The molecule has 9 heteroatoms. The van der Waals surface area contributed by atoms with E-state index in [2.05, 4.69) is 11.4 Å². The summed E-state index contributed by atoms with van der Waals surface area (Å²) >= 11 is 0. The van der Waals surface area contributed by atoms with Crippen LogP contribution in [0.3, 0.4) is 0 Å². The number of rotatable bonds is 5. The fourth-order valence-corrected chi connectivity index (χ4v) is 5.74. The second kappa shape index (κ2) is 12.1. The number of carbonyl (C=O) groups excluding carboxylic acids is 2. The van der Waals surface area contributed by atoms with Gasteiger partial charge in [-0.2, -0.15) is 18.4 Å². The van der Waals surface area contributed by atoms with Crippen molar-refractivity contribution in [3.8, 4) is 17.2 Å². The van der Waals surface area contributed by atoms with Crippen LogP contribution >= 0.6 is 0 Å². The maximum absolute atomic E-state index is 13.8. The smallest absolute Gasteiger partial charge is 0.337 e. The third-order valence-corrected chi connectivity index (χ3v) is 8.03. The number of carbonyl (C=O) groups is 2. The zero-order valence-corrected chi connectivity index (χ0v) is 23.2. The van der Waals surface area contributed by atoms with Gasteiger partial charge in [-0.1, -0.05) is 61.7 Å². The standard InChI is InChI=1S/C33H31F3N4O2/c1-22-30(29-13-6-5-12-28(29)25-16-14-23(19-37)15-17-25)21-39(31(41)38-20-24-8-3-2-4-9-24)32(42)40(22)27-11-7-10-26(18-27)33(34,35)36/h5-7,10-18,24H,2-4,8-9,20-21H2,1H3,(H,38,41). The zero-order chi connectivity index (χ0) is 29.9. The van der Waals surface area contributed by atoms with E-state index in [1.165, 1.54) is 23.5 Å². The Labute approximate surface area is 243 Å². The van der Waals surface area contributed by atoms with Crippen LogP contribution < -0.4 is 10.2 Å². The lowest BCUT2D eigenvalue weighted by Gasteiger charge is -2.37. The summed E-state index contributed by atoms with van der Waals surface area (Å²) < 4.78 is 40.9. The molecule has 1 fully saturated rings. The van der Waals surface area contributed by atoms with Crippen molar-refractivity contribution in [3.63, 3.8) is 0 Å². The number of nitrogens with one attached hydrogen (secondary N) is 1. The minimum Gasteiger partial charge on any atom is -0.337 e. The molecule has 1 saturated carbocycles. The molecular formula is C33H31F3N4O2. The molecule has 0 bridgehead atoms. The van der Waals surface area contributed by atoms with Crippen LogP contribution in [0.5, 0.6) is 0 Å². The molecule has 3 aromatic carbocycles. The predicted molar refractivity (Wildman–Crippen MR) is 155 cm³/mol. The van der Waals surface area contributed by atoms with Gasteiger partial charge in [0.25, 0.3) is 0 Å². The van der Waals surface area contributed by atoms with Gasteiger partial charge in [-0.15, -0.1) is 0 Å². The molecule has 4 amide bonds. The molecule has 42 heavy (non-hydrogen) atoms. The van der Waals surface area contributed by atoms with Gasteiger partial charge < -0.3 is 5.32 Å². The van der Waals surface area contributed by atoms with E-state index in [4.69, 9.17) is 0 Å². The Morgan fingerprint density at radius 2 is 1.67 bits per heavy atom. The first-order valence-corrected chi connectivity index (χ1v) is 14.0. The van der Waals surface area contributed by atoms with Crippen LogP contribution in [0.15, 0.2) is 78.5 Å². The largest absolute Gasteiger partial charge is 0.416 e. The summed E-state index contributed by atoms with van der Waals surface area (Å²) in [6.45, 7) is 2.07. The van der Waals surface area contributed by atoms with Crippen LogP contribution in [0.25, 0.3) is 16.7 Å². The second-order valence-corrected chi connectivity index (χ2v) is 10.7. The Bertz CT molecular complexity index is 1550. The van der Waals surface area contributed by atoms with Crippen LogP contribution in [0.1, 0.15) is 55.7 Å². The Hall–Kier alpha value is -4.58. The molecule has 1 N–H and O–H groups in total. The zero-order valence-electron chi connectivity index (χ0n) is 23.2. The van der Waals surface area contributed by atoms with Gasteiger partial charge in [0.15, 0.2) is 0 Å². The van der Waals surface area contributed by atoms with Crippen LogP contribution in [0.4, 0.5) is 28.4 Å². The molecule has 1 aliphatic carbocycles. The van der Waals surface area contributed by atoms with Gasteiger partial charge in [0.2, 0.25) is 0 Å². The summed E-state index contributed by atoms with van der Waals surface area (Å²) in [5, 5.41) is 12.1. The molecule has 1 heterocycles. The predicted octanol–water partition coefficient (Wildman–Crippen LogP) is 8.21. The van der Waals surface area contributed by atoms with Gasteiger partial charge >= 0.3 is 18.2 Å². The Balaban J connectivity index is 1.58. The van der Waals surface area contributed by atoms with Crippen molar-refractivity contribution in [2.24, 2.45) is 5.92 Å². The highest BCUT2D eigenvalue weighted by Gasteiger charge is 2.38. The van der Waals surface area contributed by atoms with E-state index >= 15 is 0 Å². The number of urea groups is 2. The number of alkyl halides is 3. The van der Waals surface area contributed by atoms with E-state index in [1.54, 1.807) is 19.1 Å². The summed E-state index contributed by atoms with van der Waals surface area (Å²) in [6, 6.07) is 19.9. The van der Waals surface area contributed by atoms with Crippen LogP contribution in [0.2, 0.25) is 0 Å². The van der Waals surface area contributed by atoms with E-state index in [1.807, 2.05) is 36.4 Å². The normalized spacial score (nSPS) is 16.4. The maximum atomic E-state index is 13.8. The van der Waals surface area contributed by atoms with Crippen molar-refractivity contribution < 1.29 is 22.8 Å². The summed E-state index contributed by atoms with van der Waals surface area (Å²) in [5.41, 5.74) is 3.04. The van der Waals surface area contributed by atoms with Gasteiger partial charge in [0.05, 0.1) is 29.4 Å². The van der Waals surface area contributed by atoms with E-state index in [-0.39, 0.29) is 12.2 Å². The number of allylic oxidation sites excluding steroid dienone is 1. The number of nitriles is 1. The summed E-state index contributed by atoms with van der Waals surface area (Å²) in [4.78, 5) is 29.6. The number of amides is 4. The van der Waals surface area contributed by atoms with Crippen LogP contribution in [-0.4, -0.2) is 30.1 Å². The quantitative estimate of drug-likeness (QED) is 0.335. The van der Waals surface area contributed by atoms with Crippen molar-refractivity contribution >= 4 is 23.3 Å². The molecule has 0 saturated heterocycles. The minimum atomic E-state index is -4.60. The number of halogens is 3. The lowest BCUT2D eigenvalue weighted by atomic mass is 9.89. The van der Waals surface area contributed by atoms with Crippen molar-refractivity contribution in [1.29, 1.82) is 5.26 Å². The number of hydrogen-bond acceptors (Lipinski definition) is 3. The van der Waals surface area contributed by atoms with Crippen LogP contribution in [-0.2, 0) is 6.18 Å². The Morgan fingerprint density at radius 1 is 0.976 bits per heavy atom. The van der Waals surface area contributed by atoms with E-state index in [9.17, 15) is 28.0 Å². The molecule has 216 valence electrons. The minimum absolute atomic E-state index is 0.0189. The van der Waals surface area contributed by atoms with Crippen molar-refractivity contribution in [2.45, 2.75) is 45.2 Å². The fourth-order valence-electron chi connectivity index (χ4n) is 5.74. The number of anilines is 1. The molecule has 2 aliphatic rings. The lowest BCUT2D eigenvalue weighted by molar-refractivity contribution is -0.137. The fraction of sp³-hybridized carbons (Fsp3) is 0.303. The van der Waals surface area contributed by atoms with E-state index < -0.39 is 23.8 Å². The number of imide groups is 1. The van der Waals surface area contributed by atoms with Gasteiger partial charge in [-0.25, -0.2) is 14.5 Å². The number of nitrogens with zero attached hydrogens (tertiary/aromatic N) is 3. The maximum Gasteiger partial charge on any atom is 0.416 e. The van der Waals surface area contributed by atoms with Crippen LogP contribution in [0, 0.1) is 17.2 Å². The first kappa shape index (κ1) is 28.9. The van der Waals surface area contributed by atoms with Gasteiger partial charge in [0, 0.05) is 12.2 Å². The highest BCUT2D eigenvalue weighted by molar-refractivity contribution is 6.09. The summed E-state index contributed by atoms with van der Waals surface area (Å²) in [5.74, 6) is 0.330. The van der Waals surface area contributed by atoms with E-state index in [0.29, 0.717) is 29.3 Å². The molecule has 0 radical (unpaired) electrons. The summed E-state index contributed by atoms with van der Waals surface area (Å²) in [7, 11) is 0. The monoisotopic (exact) mass is 572 g/mol. The first-order valence-electron chi connectivity index (χ1n) is 14.0. The highest BCUT2D eigenvalue weighted by atomic mass is 19.4. The molecule has 6 nitrogen and oxygen atoms in total. The van der Waals surface area contributed by atoms with Crippen molar-refractivity contribution in [3.05, 3.63) is 95.2 Å². The topological polar surface area (TPSA) is 76.4 Å². The van der Waals surface area contributed by atoms with Gasteiger partial charge in [0.1, 0.15) is 0 Å². The molecular weight excluding hydrogens is 541 g/mol. The third-order valence-electron chi connectivity index (χ3n) is 8.03. The van der Waals surface area contributed by atoms with Gasteiger partial charge in [-0.05, 0) is 78.3 Å². The second-order valence-electron chi connectivity index (χ2n) is 10.7. The molecule has 0 spiro atoms. The Morgan fingerprint density at radius 3 is 2.33 bits per heavy atom. The molecule has 3 aromatic rings. The summed E-state index contributed by atoms with van der Waals surface area (Å²) in [6.07, 6.45) is 0.788. The SMILES string of the molecule is CC1=C(c2ccccc2-c2ccc(C#N)cc2)CN(C(=O)NCC2CCCCC2)C(=O)N1c1cccc(C(F)(F)F)c1. The average Bonchev–Trinajstić information content (AvgIpc) is 3.00. The highest BCUT2D eigenvalue weighted by Crippen LogP contribution is 2.39. The molecule has 0 atom stereocenters. The van der Waals surface area contributed by atoms with E-state index in [0.717, 1.165) is 59.4 Å². The number of hydrogen-bond donors (Lipinski definition) is 1. The average molecular weight is 573 g/mol. The number of benzene rings is 3. The molecule has 5 rings (SSSR count). The Kier molecular flexibility index (Phi) is 8.34. The molecule has 0 unspecified atom stereocenters. The van der Waals surface area contributed by atoms with Gasteiger partial charge in [-0.3, -0.25) is 4.90 Å². The first-order chi connectivity index (χ1) is 20.2. The molecule has 1 aliphatic heterocycles. The third kappa shape index (κ3) is 6.03. The lowest BCUT2D eigenvalue weighted by Crippen LogP contribution is -2.54. The van der Waals surface area contributed by atoms with Crippen molar-refractivity contribution in [1.82, 2.24) is 10.2 Å². The van der Waals surface area contributed by atoms with Crippen molar-refractivity contribution in [2.75, 3.05) is 18.0 Å².